The Morgan fingerprint density at radius 2 is 2.17 bits per heavy atom. The number of aryl methyl sites for hydroxylation is 2. The second-order valence-electron chi connectivity index (χ2n) is 2.95. The Morgan fingerprint density at radius 1 is 1.50 bits per heavy atom. The SMILES string of the molecule is CCCn1cnc(C)c(C)c1=O. The van der Waals surface area contributed by atoms with Crippen molar-refractivity contribution in [1.82, 2.24) is 9.55 Å². The van der Waals surface area contributed by atoms with Crippen LogP contribution in [0.5, 0.6) is 0 Å². The lowest BCUT2D eigenvalue weighted by Gasteiger charge is -2.04. The zero-order valence-corrected chi connectivity index (χ0v) is 7.79. The molecule has 1 aromatic heterocycles. The normalized spacial score (nSPS) is 10.2. The van der Waals surface area contributed by atoms with Gasteiger partial charge in [-0.2, -0.15) is 0 Å². The fourth-order valence-electron chi connectivity index (χ4n) is 1.08. The van der Waals surface area contributed by atoms with Gasteiger partial charge in [0.05, 0.1) is 6.33 Å². The maximum Gasteiger partial charge on any atom is 0.256 e. The number of rotatable bonds is 2. The zero-order chi connectivity index (χ0) is 9.14. The van der Waals surface area contributed by atoms with E-state index in [-0.39, 0.29) is 5.56 Å². The summed E-state index contributed by atoms with van der Waals surface area (Å²) in [4.78, 5) is 15.6. The van der Waals surface area contributed by atoms with Gasteiger partial charge in [0.2, 0.25) is 0 Å². The van der Waals surface area contributed by atoms with E-state index >= 15 is 0 Å². The predicted molar refractivity (Wildman–Crippen MR) is 48.3 cm³/mol. The minimum absolute atomic E-state index is 0.0874. The molecular formula is C9H14N2O. The quantitative estimate of drug-likeness (QED) is 0.663. The van der Waals surface area contributed by atoms with Crippen molar-refractivity contribution in [3.05, 3.63) is 27.9 Å². The van der Waals surface area contributed by atoms with Crippen molar-refractivity contribution in [2.24, 2.45) is 0 Å². The molecule has 0 saturated carbocycles. The van der Waals surface area contributed by atoms with Gasteiger partial charge >= 0.3 is 0 Å². The molecule has 1 aromatic rings. The molecule has 0 aromatic carbocycles. The van der Waals surface area contributed by atoms with Crippen LogP contribution in [0.1, 0.15) is 24.6 Å². The van der Waals surface area contributed by atoms with Crippen molar-refractivity contribution >= 4 is 0 Å². The van der Waals surface area contributed by atoms with Gasteiger partial charge in [-0.15, -0.1) is 0 Å². The van der Waals surface area contributed by atoms with Crippen LogP contribution < -0.4 is 5.56 Å². The second-order valence-corrected chi connectivity index (χ2v) is 2.95. The first-order valence-electron chi connectivity index (χ1n) is 4.19. The first-order valence-corrected chi connectivity index (χ1v) is 4.19. The van der Waals surface area contributed by atoms with E-state index in [0.717, 1.165) is 24.2 Å². The van der Waals surface area contributed by atoms with Crippen LogP contribution in [-0.4, -0.2) is 9.55 Å². The molecule has 1 heterocycles. The molecule has 0 aliphatic heterocycles. The first-order chi connectivity index (χ1) is 5.66. The topological polar surface area (TPSA) is 34.9 Å². The molecule has 0 fully saturated rings. The average molecular weight is 166 g/mol. The highest BCUT2D eigenvalue weighted by Crippen LogP contribution is 1.94. The number of aromatic nitrogens is 2. The van der Waals surface area contributed by atoms with Crippen LogP contribution >= 0.6 is 0 Å². The molecule has 3 heteroatoms. The average Bonchev–Trinajstić information content (AvgIpc) is 2.07. The highest BCUT2D eigenvalue weighted by molar-refractivity contribution is 5.12. The van der Waals surface area contributed by atoms with E-state index < -0.39 is 0 Å². The van der Waals surface area contributed by atoms with Crippen LogP contribution in [0.25, 0.3) is 0 Å². The second kappa shape index (κ2) is 3.52. The Bertz CT molecular complexity index is 328. The van der Waals surface area contributed by atoms with Crippen LogP contribution in [0.2, 0.25) is 0 Å². The molecule has 0 spiro atoms. The Hall–Kier alpha value is -1.12. The lowest BCUT2D eigenvalue weighted by atomic mass is 10.3. The monoisotopic (exact) mass is 166 g/mol. The van der Waals surface area contributed by atoms with Gasteiger partial charge in [-0.05, 0) is 20.3 Å². The Kier molecular flexibility index (Phi) is 2.63. The third-order valence-corrected chi connectivity index (χ3v) is 1.98. The summed E-state index contributed by atoms with van der Waals surface area (Å²) in [5, 5.41) is 0. The van der Waals surface area contributed by atoms with E-state index in [1.54, 1.807) is 10.9 Å². The smallest absolute Gasteiger partial charge is 0.256 e. The van der Waals surface area contributed by atoms with Crippen molar-refractivity contribution < 1.29 is 0 Å². The molecule has 0 unspecified atom stereocenters. The summed E-state index contributed by atoms with van der Waals surface area (Å²) in [6.45, 7) is 6.47. The fraction of sp³-hybridized carbons (Fsp3) is 0.556. The molecule has 0 radical (unpaired) electrons. The molecule has 0 saturated heterocycles. The molecule has 0 bridgehead atoms. The van der Waals surface area contributed by atoms with Gasteiger partial charge in [-0.25, -0.2) is 4.98 Å². The number of hydrogen-bond donors (Lipinski definition) is 0. The van der Waals surface area contributed by atoms with Gasteiger partial charge in [-0.1, -0.05) is 6.92 Å². The molecule has 3 nitrogen and oxygen atoms in total. The molecule has 0 N–H and O–H groups in total. The largest absolute Gasteiger partial charge is 0.299 e. The molecular weight excluding hydrogens is 152 g/mol. The molecule has 0 aliphatic carbocycles. The summed E-state index contributed by atoms with van der Waals surface area (Å²) >= 11 is 0. The standard InChI is InChI=1S/C9H14N2O/c1-4-5-11-6-10-8(3)7(2)9(11)12/h6H,4-5H2,1-3H3. The Balaban J connectivity index is 3.18. The maximum absolute atomic E-state index is 11.5. The maximum atomic E-state index is 11.5. The van der Waals surface area contributed by atoms with Crippen molar-refractivity contribution in [3.8, 4) is 0 Å². The molecule has 0 atom stereocenters. The predicted octanol–water partition coefficient (Wildman–Crippen LogP) is 1.27. The van der Waals surface area contributed by atoms with Gasteiger partial charge < -0.3 is 0 Å². The van der Waals surface area contributed by atoms with Crippen LogP contribution in [0.3, 0.4) is 0 Å². The fourth-order valence-corrected chi connectivity index (χ4v) is 1.08. The highest BCUT2D eigenvalue weighted by Gasteiger charge is 2.01. The van der Waals surface area contributed by atoms with Crippen LogP contribution in [0, 0.1) is 13.8 Å². The number of hydrogen-bond acceptors (Lipinski definition) is 2. The third kappa shape index (κ3) is 1.55. The summed E-state index contributed by atoms with van der Waals surface area (Å²) in [5.74, 6) is 0. The van der Waals surface area contributed by atoms with Gasteiger partial charge in [0.25, 0.3) is 5.56 Å². The lowest BCUT2D eigenvalue weighted by molar-refractivity contribution is 0.633. The van der Waals surface area contributed by atoms with Crippen molar-refractivity contribution in [1.29, 1.82) is 0 Å². The highest BCUT2D eigenvalue weighted by atomic mass is 16.1. The van der Waals surface area contributed by atoms with E-state index in [0.29, 0.717) is 0 Å². The first kappa shape index (κ1) is 8.97. The summed E-state index contributed by atoms with van der Waals surface area (Å²) in [6, 6.07) is 0. The van der Waals surface area contributed by atoms with Gasteiger partial charge in [-0.3, -0.25) is 9.36 Å². The van der Waals surface area contributed by atoms with Crippen LogP contribution in [-0.2, 0) is 6.54 Å². The van der Waals surface area contributed by atoms with E-state index in [1.165, 1.54) is 0 Å². The number of nitrogens with zero attached hydrogens (tertiary/aromatic N) is 2. The summed E-state index contributed by atoms with van der Waals surface area (Å²) < 4.78 is 1.66. The zero-order valence-electron chi connectivity index (χ0n) is 7.79. The lowest BCUT2D eigenvalue weighted by Crippen LogP contribution is -2.23. The molecule has 0 amide bonds. The minimum Gasteiger partial charge on any atom is -0.299 e. The van der Waals surface area contributed by atoms with E-state index in [9.17, 15) is 4.79 Å². The summed E-state index contributed by atoms with van der Waals surface area (Å²) in [6.07, 6.45) is 2.58. The van der Waals surface area contributed by atoms with Crippen molar-refractivity contribution in [2.45, 2.75) is 33.7 Å². The van der Waals surface area contributed by atoms with Gasteiger partial charge in [0, 0.05) is 17.8 Å². The van der Waals surface area contributed by atoms with E-state index in [1.807, 2.05) is 20.8 Å². The summed E-state index contributed by atoms with van der Waals surface area (Å²) in [5.41, 5.74) is 1.67. The molecule has 12 heavy (non-hydrogen) atoms. The van der Waals surface area contributed by atoms with E-state index in [4.69, 9.17) is 0 Å². The third-order valence-electron chi connectivity index (χ3n) is 1.98. The van der Waals surface area contributed by atoms with E-state index in [2.05, 4.69) is 4.98 Å². The molecule has 66 valence electrons. The van der Waals surface area contributed by atoms with Gasteiger partial charge in [0.15, 0.2) is 0 Å². The summed E-state index contributed by atoms with van der Waals surface area (Å²) in [7, 11) is 0. The van der Waals surface area contributed by atoms with Crippen LogP contribution in [0.4, 0.5) is 0 Å². The molecule has 1 rings (SSSR count). The Morgan fingerprint density at radius 3 is 2.75 bits per heavy atom. The van der Waals surface area contributed by atoms with Crippen molar-refractivity contribution in [3.63, 3.8) is 0 Å². The Labute approximate surface area is 72.1 Å². The molecule has 0 aliphatic rings. The van der Waals surface area contributed by atoms with Crippen molar-refractivity contribution in [2.75, 3.05) is 0 Å². The van der Waals surface area contributed by atoms with Crippen LogP contribution in [0.15, 0.2) is 11.1 Å². The minimum atomic E-state index is 0.0874. The van der Waals surface area contributed by atoms with Gasteiger partial charge in [0.1, 0.15) is 0 Å².